The van der Waals surface area contributed by atoms with Crippen molar-refractivity contribution in [3.8, 4) is 0 Å². The first kappa shape index (κ1) is 17.3. The number of rotatable bonds is 6. The molecule has 6 heteroatoms. The van der Waals surface area contributed by atoms with Crippen LogP contribution in [0.3, 0.4) is 0 Å². The van der Waals surface area contributed by atoms with Gasteiger partial charge >= 0.3 is 12.1 Å². The Morgan fingerprint density at radius 1 is 1.17 bits per heavy atom. The quantitative estimate of drug-likeness (QED) is 0.815. The first-order valence-corrected chi connectivity index (χ1v) is 7.84. The third-order valence-corrected chi connectivity index (χ3v) is 4.19. The normalized spacial score (nSPS) is 16.6. The summed E-state index contributed by atoms with van der Waals surface area (Å²) in [5, 5.41) is 8.87. The van der Waals surface area contributed by atoms with Crippen LogP contribution in [0, 0.1) is 0 Å². The van der Waals surface area contributed by atoms with Crippen LogP contribution in [-0.2, 0) is 20.9 Å². The Bertz CT molecular complexity index is 525. The average Bonchev–Trinajstić information content (AvgIpc) is 2.59. The van der Waals surface area contributed by atoms with Crippen LogP contribution in [0.4, 0.5) is 4.79 Å². The summed E-state index contributed by atoms with van der Waals surface area (Å²) >= 11 is 0. The first-order valence-electron chi connectivity index (χ1n) is 7.84. The molecule has 1 aromatic rings. The van der Waals surface area contributed by atoms with Crippen LogP contribution in [0.5, 0.6) is 0 Å². The Hall–Kier alpha value is -2.08. The maximum absolute atomic E-state index is 12.3. The van der Waals surface area contributed by atoms with Crippen molar-refractivity contribution in [2.24, 2.45) is 0 Å². The molecule has 1 saturated carbocycles. The standard InChI is InChI=1S/C17H23NO5/c1-18(16(21)22-12-14-8-4-2-5-9-14)17(23-13-15(19)20)10-6-3-7-11-17/h2,4-5,8-9H,3,6-7,10-13H2,1H3,(H,19,20). The summed E-state index contributed by atoms with van der Waals surface area (Å²) in [6.07, 6.45) is 3.60. The van der Waals surface area contributed by atoms with Crippen molar-refractivity contribution < 1.29 is 24.2 Å². The molecule has 1 N–H and O–H groups in total. The van der Waals surface area contributed by atoms with Gasteiger partial charge in [0, 0.05) is 7.05 Å². The van der Waals surface area contributed by atoms with Gasteiger partial charge in [-0.05, 0) is 31.2 Å². The van der Waals surface area contributed by atoms with E-state index in [2.05, 4.69) is 0 Å². The van der Waals surface area contributed by atoms with E-state index in [4.69, 9.17) is 14.6 Å². The van der Waals surface area contributed by atoms with Crippen molar-refractivity contribution >= 4 is 12.1 Å². The Kier molecular flexibility index (Phi) is 5.98. The van der Waals surface area contributed by atoms with Gasteiger partial charge in [-0.2, -0.15) is 0 Å². The number of carboxylic acids is 1. The minimum atomic E-state index is -1.04. The second-order valence-electron chi connectivity index (χ2n) is 5.79. The van der Waals surface area contributed by atoms with Gasteiger partial charge in [0.2, 0.25) is 0 Å². The topological polar surface area (TPSA) is 76.1 Å². The number of hydrogen-bond donors (Lipinski definition) is 1. The molecule has 1 amide bonds. The Morgan fingerprint density at radius 3 is 2.43 bits per heavy atom. The number of ether oxygens (including phenoxy) is 2. The molecule has 0 atom stereocenters. The fraction of sp³-hybridized carbons (Fsp3) is 0.529. The maximum atomic E-state index is 12.3. The molecule has 0 radical (unpaired) electrons. The molecule has 1 aliphatic carbocycles. The molecule has 6 nitrogen and oxygen atoms in total. The zero-order valence-corrected chi connectivity index (χ0v) is 13.4. The van der Waals surface area contributed by atoms with Crippen LogP contribution < -0.4 is 0 Å². The lowest BCUT2D eigenvalue weighted by atomic mass is 9.90. The molecular formula is C17H23NO5. The van der Waals surface area contributed by atoms with Gasteiger partial charge in [-0.3, -0.25) is 4.90 Å². The van der Waals surface area contributed by atoms with Crippen LogP contribution >= 0.6 is 0 Å². The molecule has 0 heterocycles. The van der Waals surface area contributed by atoms with Crippen molar-refractivity contribution in [3.05, 3.63) is 35.9 Å². The van der Waals surface area contributed by atoms with Crippen molar-refractivity contribution in [2.45, 2.75) is 44.4 Å². The maximum Gasteiger partial charge on any atom is 0.412 e. The van der Waals surface area contributed by atoms with Crippen molar-refractivity contribution in [3.63, 3.8) is 0 Å². The van der Waals surface area contributed by atoms with E-state index in [9.17, 15) is 9.59 Å². The Balaban J connectivity index is 1.99. The Labute approximate surface area is 136 Å². The molecular weight excluding hydrogens is 298 g/mol. The number of carboxylic acid groups (broad SMARTS) is 1. The lowest BCUT2D eigenvalue weighted by molar-refractivity contribution is -0.176. The molecule has 23 heavy (non-hydrogen) atoms. The molecule has 2 rings (SSSR count). The summed E-state index contributed by atoms with van der Waals surface area (Å²) in [6.45, 7) is -0.241. The van der Waals surface area contributed by atoms with Gasteiger partial charge in [0.25, 0.3) is 0 Å². The van der Waals surface area contributed by atoms with Gasteiger partial charge in [0.05, 0.1) is 0 Å². The van der Waals surface area contributed by atoms with Crippen LogP contribution in [-0.4, -0.2) is 41.4 Å². The monoisotopic (exact) mass is 321 g/mol. The highest BCUT2D eigenvalue weighted by Crippen LogP contribution is 2.34. The van der Waals surface area contributed by atoms with Crippen LogP contribution in [0.2, 0.25) is 0 Å². The van der Waals surface area contributed by atoms with E-state index in [0.29, 0.717) is 12.8 Å². The molecule has 1 aromatic carbocycles. The van der Waals surface area contributed by atoms with E-state index >= 15 is 0 Å². The van der Waals surface area contributed by atoms with Crippen LogP contribution in [0.15, 0.2) is 30.3 Å². The number of aliphatic carboxylic acids is 1. The number of amides is 1. The van der Waals surface area contributed by atoms with Gasteiger partial charge in [-0.25, -0.2) is 9.59 Å². The smallest absolute Gasteiger partial charge is 0.412 e. The van der Waals surface area contributed by atoms with Crippen molar-refractivity contribution in [1.82, 2.24) is 4.90 Å². The third-order valence-electron chi connectivity index (χ3n) is 4.19. The SMILES string of the molecule is CN(C(=O)OCc1ccccc1)C1(OCC(=O)O)CCCCC1. The predicted molar refractivity (Wildman–Crippen MR) is 83.8 cm³/mol. The van der Waals surface area contributed by atoms with Gasteiger partial charge < -0.3 is 14.6 Å². The van der Waals surface area contributed by atoms with E-state index in [1.807, 2.05) is 30.3 Å². The zero-order valence-electron chi connectivity index (χ0n) is 13.4. The van der Waals surface area contributed by atoms with Gasteiger partial charge in [-0.15, -0.1) is 0 Å². The van der Waals surface area contributed by atoms with E-state index in [1.165, 1.54) is 4.90 Å². The Morgan fingerprint density at radius 2 is 1.83 bits per heavy atom. The summed E-state index contributed by atoms with van der Waals surface area (Å²) < 4.78 is 10.9. The molecule has 0 unspecified atom stereocenters. The summed E-state index contributed by atoms with van der Waals surface area (Å²) in [7, 11) is 1.61. The summed E-state index contributed by atoms with van der Waals surface area (Å²) in [5.41, 5.74) is 0.0168. The highest BCUT2D eigenvalue weighted by Gasteiger charge is 2.41. The summed E-state index contributed by atoms with van der Waals surface area (Å²) in [4.78, 5) is 24.6. The number of benzene rings is 1. The molecule has 0 spiro atoms. The fourth-order valence-corrected chi connectivity index (χ4v) is 2.86. The molecule has 0 aliphatic heterocycles. The minimum absolute atomic E-state index is 0.180. The second-order valence-corrected chi connectivity index (χ2v) is 5.79. The average molecular weight is 321 g/mol. The molecule has 1 fully saturated rings. The van der Waals surface area contributed by atoms with E-state index in [1.54, 1.807) is 7.05 Å². The number of nitrogens with zero attached hydrogens (tertiary/aromatic N) is 1. The number of hydrogen-bond acceptors (Lipinski definition) is 4. The summed E-state index contributed by atoms with van der Waals surface area (Å²) in [5.74, 6) is -1.04. The predicted octanol–water partition coefficient (Wildman–Crippen LogP) is 3.02. The molecule has 0 aromatic heterocycles. The van der Waals surface area contributed by atoms with E-state index < -0.39 is 24.4 Å². The third kappa shape index (κ3) is 4.69. The largest absolute Gasteiger partial charge is 0.480 e. The van der Waals surface area contributed by atoms with Gasteiger partial charge in [0.1, 0.15) is 18.9 Å². The molecule has 0 bridgehead atoms. The number of carbonyl (C=O) groups is 2. The van der Waals surface area contributed by atoms with Crippen LogP contribution in [0.1, 0.15) is 37.7 Å². The second kappa shape index (κ2) is 7.97. The van der Waals surface area contributed by atoms with Crippen LogP contribution in [0.25, 0.3) is 0 Å². The van der Waals surface area contributed by atoms with Gasteiger partial charge in [0.15, 0.2) is 0 Å². The fourth-order valence-electron chi connectivity index (χ4n) is 2.86. The molecule has 0 saturated heterocycles. The summed E-state index contributed by atoms with van der Waals surface area (Å²) in [6, 6.07) is 9.42. The first-order chi connectivity index (χ1) is 11.0. The highest BCUT2D eigenvalue weighted by molar-refractivity contribution is 5.69. The zero-order chi connectivity index (χ0) is 16.7. The highest BCUT2D eigenvalue weighted by atomic mass is 16.6. The van der Waals surface area contributed by atoms with Gasteiger partial charge in [-0.1, -0.05) is 36.8 Å². The minimum Gasteiger partial charge on any atom is -0.480 e. The van der Waals surface area contributed by atoms with E-state index in [-0.39, 0.29) is 6.61 Å². The van der Waals surface area contributed by atoms with E-state index in [0.717, 1.165) is 24.8 Å². The molecule has 1 aliphatic rings. The number of carbonyl (C=O) groups excluding carboxylic acids is 1. The van der Waals surface area contributed by atoms with Crippen molar-refractivity contribution in [1.29, 1.82) is 0 Å². The lowest BCUT2D eigenvalue weighted by Crippen LogP contribution is -2.53. The van der Waals surface area contributed by atoms with Crippen molar-refractivity contribution in [2.75, 3.05) is 13.7 Å². The lowest BCUT2D eigenvalue weighted by Gasteiger charge is -2.43. The molecule has 126 valence electrons.